The molecule has 1 aromatic carbocycles. The van der Waals surface area contributed by atoms with Crippen LogP contribution in [-0.2, 0) is 16.8 Å². The average Bonchev–Trinajstić information content (AvgIpc) is 3.52. The van der Waals surface area contributed by atoms with Crippen LogP contribution in [0.1, 0.15) is 41.9 Å². The van der Waals surface area contributed by atoms with Crippen LogP contribution in [-0.4, -0.2) is 38.1 Å². The fourth-order valence-electron chi connectivity index (χ4n) is 4.28. The number of nitrogens with zero attached hydrogens (tertiary/aromatic N) is 3. The van der Waals surface area contributed by atoms with Crippen molar-refractivity contribution in [2.24, 2.45) is 16.6 Å². The molecule has 7 nitrogen and oxygen atoms in total. The van der Waals surface area contributed by atoms with E-state index in [0.29, 0.717) is 6.42 Å². The van der Waals surface area contributed by atoms with Crippen LogP contribution in [0.4, 0.5) is 8.78 Å². The van der Waals surface area contributed by atoms with Crippen molar-refractivity contribution in [3.05, 3.63) is 53.0 Å². The zero-order valence-corrected chi connectivity index (χ0v) is 18.7. The zero-order chi connectivity index (χ0) is 24.0. The van der Waals surface area contributed by atoms with Crippen LogP contribution in [0.25, 0.3) is 0 Å². The summed E-state index contributed by atoms with van der Waals surface area (Å²) in [5.74, 6) is -0.589. The molecule has 170 valence electrons. The first-order chi connectivity index (χ1) is 15.6. The molecular weight excluding hydrogens is 450 g/mol. The number of thioether (sulfide) groups is 1. The van der Waals surface area contributed by atoms with E-state index in [-0.39, 0.29) is 52.6 Å². The lowest BCUT2D eigenvalue weighted by molar-refractivity contribution is -0.117. The van der Waals surface area contributed by atoms with Gasteiger partial charge in [-0.2, -0.15) is 0 Å². The van der Waals surface area contributed by atoms with Gasteiger partial charge in [-0.05, 0) is 38.0 Å². The SMILES string of the molecule is C#CCOc1cnc(C(=O)Cc2cc(F)c(F)c([C@@]3(C)N=C(N)S[C@@]4(C(C)=O)C[C@H]43)c2)cn1. The number of aromatic nitrogens is 2. The molecule has 1 aromatic heterocycles. The first-order valence-electron chi connectivity index (χ1n) is 10.1. The second kappa shape index (κ2) is 8.23. The van der Waals surface area contributed by atoms with Gasteiger partial charge in [0.05, 0.1) is 22.7 Å². The molecule has 10 heteroatoms. The third-order valence-electron chi connectivity index (χ3n) is 6.03. The van der Waals surface area contributed by atoms with Gasteiger partial charge >= 0.3 is 0 Å². The number of halogens is 2. The average molecular weight is 471 g/mol. The molecule has 0 amide bonds. The minimum atomic E-state index is -1.24. The van der Waals surface area contributed by atoms with Crippen molar-refractivity contribution in [2.75, 3.05) is 6.61 Å². The van der Waals surface area contributed by atoms with Gasteiger partial charge in [0.15, 0.2) is 29.2 Å². The summed E-state index contributed by atoms with van der Waals surface area (Å²) in [6.45, 7) is 3.11. The molecule has 0 bridgehead atoms. The monoisotopic (exact) mass is 470 g/mol. The Hall–Kier alpha value is -3.32. The van der Waals surface area contributed by atoms with Crippen molar-refractivity contribution in [2.45, 2.75) is 37.0 Å². The molecule has 3 atom stereocenters. The number of amidine groups is 1. The first kappa shape index (κ1) is 22.9. The molecule has 2 N–H and O–H groups in total. The Kier molecular flexibility index (Phi) is 5.70. The molecule has 4 rings (SSSR count). The van der Waals surface area contributed by atoms with Gasteiger partial charge in [0, 0.05) is 17.9 Å². The van der Waals surface area contributed by atoms with Crippen LogP contribution >= 0.6 is 11.8 Å². The van der Waals surface area contributed by atoms with Crippen LogP contribution in [0.2, 0.25) is 0 Å². The summed E-state index contributed by atoms with van der Waals surface area (Å²) in [7, 11) is 0. The molecule has 0 radical (unpaired) electrons. The van der Waals surface area contributed by atoms with Crippen LogP contribution in [0.15, 0.2) is 29.5 Å². The quantitative estimate of drug-likeness (QED) is 0.490. The third kappa shape index (κ3) is 3.97. The van der Waals surface area contributed by atoms with Crippen molar-refractivity contribution in [3.8, 4) is 18.2 Å². The van der Waals surface area contributed by atoms with E-state index < -0.39 is 27.7 Å². The topological polar surface area (TPSA) is 108 Å². The summed E-state index contributed by atoms with van der Waals surface area (Å²) in [5, 5.41) is 0.144. The number of fused-ring (bicyclic) bond motifs is 1. The summed E-state index contributed by atoms with van der Waals surface area (Å²) >= 11 is 1.17. The predicted octanol–water partition coefficient (Wildman–Crippen LogP) is 2.82. The first-order valence-corrected chi connectivity index (χ1v) is 10.9. The molecule has 2 aromatic rings. The maximum atomic E-state index is 15.0. The number of carbonyl (C=O) groups excluding carboxylic acids is 2. The largest absolute Gasteiger partial charge is 0.463 e. The number of hydrogen-bond acceptors (Lipinski definition) is 8. The van der Waals surface area contributed by atoms with E-state index in [4.69, 9.17) is 16.9 Å². The third-order valence-corrected chi connectivity index (χ3v) is 7.43. The number of Topliss-reactive ketones (excluding diaryl/α,β-unsaturated/α-hetero) is 2. The van der Waals surface area contributed by atoms with Crippen LogP contribution in [0.5, 0.6) is 5.88 Å². The number of ketones is 2. The summed E-state index contributed by atoms with van der Waals surface area (Å²) in [6.07, 6.45) is 7.82. The lowest BCUT2D eigenvalue weighted by Gasteiger charge is -2.33. The Balaban J connectivity index is 1.63. The maximum absolute atomic E-state index is 15.0. The number of terminal acetylenes is 1. The molecule has 1 aliphatic heterocycles. The van der Waals surface area contributed by atoms with Gasteiger partial charge in [-0.15, -0.1) is 6.42 Å². The highest BCUT2D eigenvalue weighted by Gasteiger charge is 2.69. The van der Waals surface area contributed by atoms with Crippen molar-refractivity contribution >= 4 is 28.5 Å². The highest BCUT2D eigenvalue weighted by molar-refractivity contribution is 8.15. The number of nitrogens with two attached hydrogens (primary N) is 1. The Morgan fingerprint density at radius 3 is 2.73 bits per heavy atom. The summed E-state index contributed by atoms with van der Waals surface area (Å²) in [6, 6.07) is 2.37. The maximum Gasteiger partial charge on any atom is 0.233 e. The highest BCUT2D eigenvalue weighted by Crippen LogP contribution is 2.66. The number of benzene rings is 1. The number of rotatable bonds is 7. The minimum Gasteiger partial charge on any atom is -0.463 e. The van der Waals surface area contributed by atoms with Crippen molar-refractivity contribution < 1.29 is 23.1 Å². The lowest BCUT2D eigenvalue weighted by atomic mass is 9.84. The van der Waals surface area contributed by atoms with Crippen molar-refractivity contribution in [1.82, 2.24) is 9.97 Å². The standard InChI is InChI=1S/C23H20F2N4O3S/c1-4-5-32-19-11-27-16(10-28-19)17(31)8-13-6-14(20(25)15(24)7-13)22(3)18-9-23(18,12(2)30)33-21(26)29-22/h1,6-7,10-11,18H,5,8-9H2,2-3H3,(H2,26,29)/t18-,22+,23+/m0/s1. The van der Waals surface area contributed by atoms with E-state index in [1.807, 2.05) is 0 Å². The summed E-state index contributed by atoms with van der Waals surface area (Å²) in [4.78, 5) is 37.3. The molecule has 1 saturated carbocycles. The van der Waals surface area contributed by atoms with Gasteiger partial charge in [-0.1, -0.05) is 17.7 Å². The lowest BCUT2D eigenvalue weighted by Crippen LogP contribution is -2.39. The number of hydrogen-bond donors (Lipinski definition) is 1. The van der Waals surface area contributed by atoms with Crippen LogP contribution in [0.3, 0.4) is 0 Å². The summed E-state index contributed by atoms with van der Waals surface area (Å²) in [5.41, 5.74) is 4.97. The fourth-order valence-corrected chi connectivity index (χ4v) is 5.65. The fraction of sp³-hybridized carbons (Fsp3) is 0.348. The molecule has 0 spiro atoms. The molecule has 1 fully saturated rings. The van der Waals surface area contributed by atoms with E-state index in [9.17, 15) is 18.4 Å². The van der Waals surface area contributed by atoms with Gasteiger partial charge in [0.1, 0.15) is 11.5 Å². The van der Waals surface area contributed by atoms with Crippen molar-refractivity contribution in [3.63, 3.8) is 0 Å². The van der Waals surface area contributed by atoms with Crippen LogP contribution in [0, 0.1) is 29.9 Å². The normalized spacial score (nSPS) is 25.4. The Bertz CT molecular complexity index is 1230. The van der Waals surface area contributed by atoms with Gasteiger partial charge in [0.25, 0.3) is 0 Å². The second-order valence-electron chi connectivity index (χ2n) is 8.17. The smallest absolute Gasteiger partial charge is 0.233 e. The minimum absolute atomic E-state index is 0.00971. The molecule has 33 heavy (non-hydrogen) atoms. The molecule has 0 saturated heterocycles. The van der Waals surface area contributed by atoms with Crippen LogP contribution < -0.4 is 10.5 Å². The highest BCUT2D eigenvalue weighted by atomic mass is 32.2. The number of aliphatic imine (C=N–C) groups is 1. The van der Waals surface area contributed by atoms with Gasteiger partial charge in [-0.3, -0.25) is 14.6 Å². The van der Waals surface area contributed by atoms with Gasteiger partial charge in [-0.25, -0.2) is 18.7 Å². The molecule has 0 unspecified atom stereocenters. The van der Waals surface area contributed by atoms with E-state index in [1.165, 1.54) is 37.1 Å². The van der Waals surface area contributed by atoms with E-state index >= 15 is 0 Å². The second-order valence-corrected chi connectivity index (χ2v) is 9.52. The Morgan fingerprint density at radius 1 is 1.33 bits per heavy atom. The van der Waals surface area contributed by atoms with E-state index in [2.05, 4.69) is 20.9 Å². The van der Waals surface area contributed by atoms with Gasteiger partial charge < -0.3 is 10.5 Å². The molecule has 2 aliphatic rings. The van der Waals surface area contributed by atoms with Crippen molar-refractivity contribution in [1.29, 1.82) is 0 Å². The van der Waals surface area contributed by atoms with E-state index in [0.717, 1.165) is 6.07 Å². The molecule has 1 aliphatic carbocycles. The Labute approximate surface area is 193 Å². The zero-order valence-electron chi connectivity index (χ0n) is 17.9. The van der Waals surface area contributed by atoms with Gasteiger partial charge in [0.2, 0.25) is 5.88 Å². The molecule has 2 heterocycles. The predicted molar refractivity (Wildman–Crippen MR) is 119 cm³/mol. The summed E-state index contributed by atoms with van der Waals surface area (Å²) < 4.78 is 33.9. The van der Waals surface area contributed by atoms with E-state index in [1.54, 1.807) is 6.92 Å². The number of ether oxygens (including phenoxy) is 1. The Morgan fingerprint density at radius 2 is 2.09 bits per heavy atom. The number of carbonyl (C=O) groups is 2. The molecular formula is C23H20F2N4O3S.